The number of carboxylic acid groups (broad SMARTS) is 1. The molecule has 0 spiro atoms. The zero-order chi connectivity index (χ0) is 22.2. The molecule has 2 aromatic carbocycles. The number of carboxylic acids is 1. The van der Waals surface area contributed by atoms with Gasteiger partial charge < -0.3 is 15.5 Å². The third kappa shape index (κ3) is 3.99. The molecule has 3 N–H and O–H groups in total. The number of carbonyl (C=O) groups excluding carboxylic acids is 2. The minimum atomic E-state index is -1.19. The summed E-state index contributed by atoms with van der Waals surface area (Å²) in [5.74, 6) is -3.79. The number of aliphatic carboxylic acids is 1. The topological polar surface area (TPSA) is 109 Å². The molecular formula is C21H18ClFN2O5. The summed E-state index contributed by atoms with van der Waals surface area (Å²) in [6.45, 7) is 2.91. The van der Waals surface area contributed by atoms with Gasteiger partial charge in [0, 0.05) is 27.7 Å². The number of amides is 1. The first-order chi connectivity index (χ1) is 14.1. The molecule has 0 aliphatic rings. The van der Waals surface area contributed by atoms with E-state index in [0.717, 1.165) is 12.1 Å². The van der Waals surface area contributed by atoms with Crippen LogP contribution in [-0.2, 0) is 16.0 Å². The van der Waals surface area contributed by atoms with Crippen LogP contribution in [0.2, 0.25) is 5.02 Å². The number of hydrogen-bond acceptors (Lipinski definition) is 4. The number of fused-ring (bicyclic) bond motifs is 1. The number of aromatic nitrogens is 1. The number of phenols is 1. The van der Waals surface area contributed by atoms with Gasteiger partial charge in [0.1, 0.15) is 6.04 Å². The van der Waals surface area contributed by atoms with Gasteiger partial charge in [-0.15, -0.1) is 0 Å². The molecule has 1 amide bonds. The standard InChI is InChI=1S/C21H18ClFN2O5/c1-10(21(29)30)24-19(27)8-14-11(2)25(17-9-16(23)18(26)7-15(14)17)20(28)12-3-5-13(22)6-4-12/h3-7,9-10,26H,8H2,1-2H3,(H,24,27)(H,29,30). The van der Waals surface area contributed by atoms with Crippen LogP contribution in [0.15, 0.2) is 36.4 Å². The molecule has 3 aromatic rings. The molecule has 7 nitrogen and oxygen atoms in total. The highest BCUT2D eigenvalue weighted by Crippen LogP contribution is 2.32. The number of rotatable bonds is 5. The van der Waals surface area contributed by atoms with Crippen molar-refractivity contribution < 1.29 is 29.0 Å². The van der Waals surface area contributed by atoms with E-state index in [0.29, 0.717) is 27.2 Å². The van der Waals surface area contributed by atoms with Crippen molar-refractivity contribution >= 4 is 40.3 Å². The second kappa shape index (κ2) is 8.16. The number of carbonyl (C=O) groups is 3. The van der Waals surface area contributed by atoms with Crippen LogP contribution in [0.1, 0.15) is 28.5 Å². The lowest BCUT2D eigenvalue weighted by Gasteiger charge is -2.10. The molecule has 3 rings (SSSR count). The summed E-state index contributed by atoms with van der Waals surface area (Å²) >= 11 is 5.87. The normalized spacial score (nSPS) is 12.0. The second-order valence-electron chi connectivity index (χ2n) is 6.84. The molecule has 0 radical (unpaired) electrons. The Balaban J connectivity index is 2.12. The molecule has 0 aliphatic carbocycles. The van der Waals surface area contributed by atoms with Crippen molar-refractivity contribution in [3.63, 3.8) is 0 Å². The van der Waals surface area contributed by atoms with Crippen LogP contribution in [0, 0.1) is 12.7 Å². The van der Waals surface area contributed by atoms with Gasteiger partial charge in [-0.3, -0.25) is 19.0 Å². The monoisotopic (exact) mass is 432 g/mol. The fraction of sp³-hybridized carbons (Fsp3) is 0.190. The van der Waals surface area contributed by atoms with Crippen LogP contribution in [-0.4, -0.2) is 38.6 Å². The molecule has 1 atom stereocenters. The zero-order valence-corrected chi connectivity index (χ0v) is 16.8. The van der Waals surface area contributed by atoms with Gasteiger partial charge in [0.25, 0.3) is 5.91 Å². The number of aromatic hydroxyl groups is 1. The molecule has 0 saturated carbocycles. The van der Waals surface area contributed by atoms with Crippen molar-refractivity contribution in [2.75, 3.05) is 0 Å². The summed E-state index contributed by atoms with van der Waals surface area (Å²) in [5, 5.41) is 21.9. The van der Waals surface area contributed by atoms with Gasteiger partial charge in [0.05, 0.1) is 11.9 Å². The van der Waals surface area contributed by atoms with Crippen molar-refractivity contribution in [2.45, 2.75) is 26.3 Å². The average Bonchev–Trinajstić information content (AvgIpc) is 2.93. The van der Waals surface area contributed by atoms with Gasteiger partial charge in [0.15, 0.2) is 11.6 Å². The van der Waals surface area contributed by atoms with E-state index in [1.165, 1.54) is 23.6 Å². The Kier molecular flexibility index (Phi) is 5.80. The third-order valence-electron chi connectivity index (χ3n) is 4.78. The predicted octanol–water partition coefficient (Wildman–Crippen LogP) is 3.27. The van der Waals surface area contributed by atoms with Crippen molar-refractivity contribution in [1.29, 1.82) is 0 Å². The molecule has 30 heavy (non-hydrogen) atoms. The van der Waals surface area contributed by atoms with Gasteiger partial charge in [-0.1, -0.05) is 11.6 Å². The number of halogens is 2. The Morgan fingerprint density at radius 1 is 1.20 bits per heavy atom. The van der Waals surface area contributed by atoms with E-state index in [2.05, 4.69) is 5.32 Å². The molecule has 0 fully saturated rings. The number of nitrogens with zero attached hydrogens (tertiary/aromatic N) is 1. The Labute approximate surface area is 175 Å². The molecule has 0 aliphatic heterocycles. The summed E-state index contributed by atoms with van der Waals surface area (Å²) in [6, 6.07) is 7.20. The zero-order valence-electron chi connectivity index (χ0n) is 16.1. The SMILES string of the molecule is Cc1c(CC(=O)NC(C)C(=O)O)c2cc(O)c(F)cc2n1C(=O)c1ccc(Cl)cc1. The maximum Gasteiger partial charge on any atom is 0.325 e. The van der Waals surface area contributed by atoms with Crippen LogP contribution in [0.5, 0.6) is 5.75 Å². The summed E-state index contributed by atoms with van der Waals surface area (Å²) in [5.41, 5.74) is 1.21. The van der Waals surface area contributed by atoms with E-state index in [1.807, 2.05) is 0 Å². The molecule has 0 saturated heterocycles. The fourth-order valence-electron chi connectivity index (χ4n) is 3.21. The quantitative estimate of drug-likeness (QED) is 0.573. The summed E-state index contributed by atoms with van der Waals surface area (Å²) < 4.78 is 15.3. The second-order valence-corrected chi connectivity index (χ2v) is 7.27. The highest BCUT2D eigenvalue weighted by Gasteiger charge is 2.24. The Morgan fingerprint density at radius 3 is 2.43 bits per heavy atom. The van der Waals surface area contributed by atoms with Crippen LogP contribution in [0.4, 0.5) is 4.39 Å². The van der Waals surface area contributed by atoms with E-state index in [1.54, 1.807) is 19.1 Å². The van der Waals surface area contributed by atoms with Crippen LogP contribution in [0.25, 0.3) is 10.9 Å². The average molecular weight is 433 g/mol. The molecule has 156 valence electrons. The van der Waals surface area contributed by atoms with Crippen molar-refractivity contribution in [3.8, 4) is 5.75 Å². The van der Waals surface area contributed by atoms with Crippen molar-refractivity contribution in [1.82, 2.24) is 9.88 Å². The first-order valence-corrected chi connectivity index (χ1v) is 9.32. The van der Waals surface area contributed by atoms with Crippen LogP contribution < -0.4 is 5.32 Å². The molecule has 1 heterocycles. The van der Waals surface area contributed by atoms with E-state index in [4.69, 9.17) is 16.7 Å². The van der Waals surface area contributed by atoms with Crippen LogP contribution >= 0.6 is 11.6 Å². The van der Waals surface area contributed by atoms with Gasteiger partial charge in [0.2, 0.25) is 5.91 Å². The molecule has 1 aromatic heterocycles. The lowest BCUT2D eigenvalue weighted by Crippen LogP contribution is -2.39. The molecule has 9 heteroatoms. The minimum Gasteiger partial charge on any atom is -0.505 e. The minimum absolute atomic E-state index is 0.178. The molecule has 0 bridgehead atoms. The summed E-state index contributed by atoms with van der Waals surface area (Å²) in [6.07, 6.45) is -0.258. The Hall–Kier alpha value is -3.39. The smallest absolute Gasteiger partial charge is 0.325 e. The summed E-state index contributed by atoms with van der Waals surface area (Å²) in [4.78, 5) is 36.4. The van der Waals surface area contributed by atoms with E-state index in [9.17, 15) is 23.9 Å². The maximum atomic E-state index is 14.1. The highest BCUT2D eigenvalue weighted by molar-refractivity contribution is 6.30. The van der Waals surface area contributed by atoms with Crippen molar-refractivity contribution in [2.24, 2.45) is 0 Å². The van der Waals surface area contributed by atoms with Gasteiger partial charge in [-0.2, -0.15) is 0 Å². The van der Waals surface area contributed by atoms with E-state index >= 15 is 0 Å². The number of nitrogens with one attached hydrogen (secondary N) is 1. The van der Waals surface area contributed by atoms with E-state index < -0.39 is 35.4 Å². The van der Waals surface area contributed by atoms with Gasteiger partial charge in [-0.05, 0) is 49.7 Å². The molecule has 1 unspecified atom stereocenters. The number of hydrogen-bond donors (Lipinski definition) is 3. The van der Waals surface area contributed by atoms with E-state index in [-0.39, 0.29) is 11.9 Å². The number of phenolic OH excluding ortho intramolecular Hbond substituents is 1. The fourth-order valence-corrected chi connectivity index (χ4v) is 3.34. The van der Waals surface area contributed by atoms with Crippen LogP contribution in [0.3, 0.4) is 0 Å². The highest BCUT2D eigenvalue weighted by atomic mass is 35.5. The Bertz CT molecular complexity index is 1170. The van der Waals surface area contributed by atoms with Gasteiger partial charge >= 0.3 is 5.97 Å². The third-order valence-corrected chi connectivity index (χ3v) is 5.03. The maximum absolute atomic E-state index is 14.1. The van der Waals surface area contributed by atoms with Crippen molar-refractivity contribution in [3.05, 3.63) is 64.1 Å². The first-order valence-electron chi connectivity index (χ1n) is 8.95. The molecular weight excluding hydrogens is 415 g/mol. The first kappa shape index (κ1) is 21.3. The Morgan fingerprint density at radius 2 is 1.83 bits per heavy atom. The predicted molar refractivity (Wildman–Crippen MR) is 108 cm³/mol. The lowest BCUT2D eigenvalue weighted by molar-refractivity contribution is -0.141. The largest absolute Gasteiger partial charge is 0.505 e. The summed E-state index contributed by atoms with van der Waals surface area (Å²) in [7, 11) is 0. The number of benzene rings is 2. The lowest BCUT2D eigenvalue weighted by atomic mass is 10.1. The van der Waals surface area contributed by atoms with Gasteiger partial charge in [-0.25, -0.2) is 4.39 Å².